The first-order valence-electron chi connectivity index (χ1n) is 5.60. The molecular weight excluding hydrogens is 220 g/mol. The fourth-order valence-electron chi connectivity index (χ4n) is 1.84. The van der Waals surface area contributed by atoms with E-state index in [2.05, 4.69) is 42.5 Å². The van der Waals surface area contributed by atoms with Crippen molar-refractivity contribution < 1.29 is 0 Å². The van der Waals surface area contributed by atoms with E-state index in [-0.39, 0.29) is 0 Å². The van der Waals surface area contributed by atoms with E-state index < -0.39 is 0 Å². The molecule has 2 rings (SSSR count). The van der Waals surface area contributed by atoms with Crippen molar-refractivity contribution in [3.63, 3.8) is 0 Å². The van der Waals surface area contributed by atoms with Gasteiger partial charge in [-0.15, -0.1) is 11.6 Å². The van der Waals surface area contributed by atoms with E-state index in [9.17, 15) is 0 Å². The van der Waals surface area contributed by atoms with Crippen LogP contribution in [0.25, 0.3) is 11.0 Å². The minimum Gasteiger partial charge on any atom is -0.330 e. The molecule has 1 heterocycles. The van der Waals surface area contributed by atoms with Crippen LogP contribution in [0.5, 0.6) is 0 Å². The molecule has 0 radical (unpaired) electrons. The summed E-state index contributed by atoms with van der Waals surface area (Å²) in [6.45, 7) is 7.34. The zero-order valence-electron chi connectivity index (χ0n) is 10.00. The fourth-order valence-corrected chi connectivity index (χ4v) is 1.94. The van der Waals surface area contributed by atoms with Gasteiger partial charge in [-0.3, -0.25) is 0 Å². The van der Waals surface area contributed by atoms with Gasteiger partial charge in [-0.2, -0.15) is 0 Å². The second kappa shape index (κ2) is 4.46. The van der Waals surface area contributed by atoms with Crippen molar-refractivity contribution in [1.29, 1.82) is 0 Å². The zero-order valence-corrected chi connectivity index (χ0v) is 10.8. The average Bonchev–Trinajstić information content (AvgIpc) is 2.62. The summed E-state index contributed by atoms with van der Waals surface area (Å²) in [4.78, 5) is 4.43. The van der Waals surface area contributed by atoms with Gasteiger partial charge < -0.3 is 4.57 Å². The van der Waals surface area contributed by atoms with Crippen molar-refractivity contribution in [3.05, 3.63) is 29.6 Å². The quantitative estimate of drug-likeness (QED) is 0.746. The predicted octanol–water partition coefficient (Wildman–Crippen LogP) is 3.53. The standard InChI is InChI=1S/C13H17ClN2/c1-9(6-14)7-16-8-15-12-4-10(2)11(3)5-13(12)16/h4-5,8-9H,6-7H2,1-3H3. The van der Waals surface area contributed by atoms with Crippen LogP contribution < -0.4 is 0 Å². The maximum Gasteiger partial charge on any atom is 0.0958 e. The largest absolute Gasteiger partial charge is 0.330 e. The van der Waals surface area contributed by atoms with Crippen LogP contribution in [0.4, 0.5) is 0 Å². The molecule has 0 N–H and O–H groups in total. The van der Waals surface area contributed by atoms with E-state index in [1.807, 2.05) is 6.33 Å². The molecule has 1 atom stereocenters. The summed E-state index contributed by atoms with van der Waals surface area (Å²) in [6, 6.07) is 4.35. The molecule has 0 aliphatic rings. The first kappa shape index (κ1) is 11.5. The lowest BCUT2D eigenvalue weighted by atomic mass is 10.1. The van der Waals surface area contributed by atoms with Gasteiger partial charge in [-0.25, -0.2) is 4.98 Å². The maximum absolute atomic E-state index is 5.84. The van der Waals surface area contributed by atoms with Crippen molar-refractivity contribution in [2.75, 3.05) is 5.88 Å². The van der Waals surface area contributed by atoms with Crippen LogP contribution in [-0.2, 0) is 6.54 Å². The summed E-state index contributed by atoms with van der Waals surface area (Å²) in [5.74, 6) is 1.16. The summed E-state index contributed by atoms with van der Waals surface area (Å²) in [6.07, 6.45) is 1.91. The van der Waals surface area contributed by atoms with Gasteiger partial charge in [-0.1, -0.05) is 6.92 Å². The number of hydrogen-bond donors (Lipinski definition) is 0. The van der Waals surface area contributed by atoms with E-state index in [4.69, 9.17) is 11.6 Å². The molecular formula is C13H17ClN2. The number of imidazole rings is 1. The van der Waals surface area contributed by atoms with Crippen LogP contribution in [-0.4, -0.2) is 15.4 Å². The van der Waals surface area contributed by atoms with E-state index >= 15 is 0 Å². The number of rotatable bonds is 3. The van der Waals surface area contributed by atoms with Gasteiger partial charge in [-0.05, 0) is 43.0 Å². The van der Waals surface area contributed by atoms with Crippen LogP contribution in [0.3, 0.4) is 0 Å². The smallest absolute Gasteiger partial charge is 0.0958 e. The third-order valence-corrected chi connectivity index (χ3v) is 3.54. The number of alkyl halides is 1. The van der Waals surface area contributed by atoms with Crippen molar-refractivity contribution in [2.24, 2.45) is 5.92 Å². The van der Waals surface area contributed by atoms with E-state index in [1.54, 1.807) is 0 Å². The summed E-state index contributed by atoms with van der Waals surface area (Å²) in [5.41, 5.74) is 4.89. The SMILES string of the molecule is Cc1cc2ncn(CC(C)CCl)c2cc1C. The molecule has 16 heavy (non-hydrogen) atoms. The Kier molecular flexibility index (Phi) is 3.20. The molecule has 1 aromatic carbocycles. The molecule has 0 saturated heterocycles. The van der Waals surface area contributed by atoms with Gasteiger partial charge in [0, 0.05) is 12.4 Å². The number of benzene rings is 1. The van der Waals surface area contributed by atoms with Gasteiger partial charge in [0.1, 0.15) is 0 Å². The average molecular weight is 237 g/mol. The molecule has 2 nitrogen and oxygen atoms in total. The normalized spacial score (nSPS) is 13.2. The van der Waals surface area contributed by atoms with Gasteiger partial charge in [0.25, 0.3) is 0 Å². The van der Waals surface area contributed by atoms with Crippen molar-refractivity contribution >= 4 is 22.6 Å². The lowest BCUT2D eigenvalue weighted by molar-refractivity contribution is 0.538. The fraction of sp³-hybridized carbons (Fsp3) is 0.462. The highest BCUT2D eigenvalue weighted by molar-refractivity contribution is 6.18. The Bertz CT molecular complexity index is 502. The number of aryl methyl sites for hydroxylation is 2. The Morgan fingerprint density at radius 2 is 2.00 bits per heavy atom. The first-order chi connectivity index (χ1) is 7.61. The van der Waals surface area contributed by atoms with Crippen molar-refractivity contribution in [2.45, 2.75) is 27.3 Å². The van der Waals surface area contributed by atoms with Crippen LogP contribution in [0.2, 0.25) is 0 Å². The summed E-state index contributed by atoms with van der Waals surface area (Å²) >= 11 is 5.84. The Labute approximate surface area is 101 Å². The van der Waals surface area contributed by atoms with Gasteiger partial charge in [0.2, 0.25) is 0 Å². The Morgan fingerprint density at radius 1 is 1.31 bits per heavy atom. The molecule has 1 aromatic heterocycles. The number of nitrogens with zero attached hydrogens (tertiary/aromatic N) is 2. The molecule has 0 spiro atoms. The highest BCUT2D eigenvalue weighted by Gasteiger charge is 2.07. The molecule has 0 amide bonds. The summed E-state index contributed by atoms with van der Waals surface area (Å²) in [7, 11) is 0. The van der Waals surface area contributed by atoms with Gasteiger partial charge in [0.05, 0.1) is 17.4 Å². The molecule has 1 unspecified atom stereocenters. The Balaban J connectivity index is 2.44. The Hall–Kier alpha value is -1.02. The summed E-state index contributed by atoms with van der Waals surface area (Å²) in [5, 5.41) is 0. The highest BCUT2D eigenvalue weighted by atomic mass is 35.5. The summed E-state index contributed by atoms with van der Waals surface area (Å²) < 4.78 is 2.19. The van der Waals surface area contributed by atoms with E-state index in [1.165, 1.54) is 16.6 Å². The van der Waals surface area contributed by atoms with Crippen molar-refractivity contribution in [3.8, 4) is 0 Å². The lowest BCUT2D eigenvalue weighted by Gasteiger charge is -2.10. The second-order valence-corrected chi connectivity index (χ2v) is 4.89. The van der Waals surface area contributed by atoms with Crippen LogP contribution in [0, 0.1) is 19.8 Å². The third kappa shape index (κ3) is 2.07. The predicted molar refractivity (Wildman–Crippen MR) is 69.1 cm³/mol. The molecule has 2 aromatic rings. The minimum absolute atomic E-state index is 0.473. The molecule has 86 valence electrons. The minimum atomic E-state index is 0.473. The zero-order chi connectivity index (χ0) is 11.7. The van der Waals surface area contributed by atoms with Crippen LogP contribution in [0.1, 0.15) is 18.1 Å². The molecule has 0 aliphatic heterocycles. The number of halogens is 1. The van der Waals surface area contributed by atoms with E-state index in [0.29, 0.717) is 11.8 Å². The number of hydrogen-bond acceptors (Lipinski definition) is 1. The monoisotopic (exact) mass is 236 g/mol. The van der Waals surface area contributed by atoms with Crippen LogP contribution in [0.15, 0.2) is 18.5 Å². The van der Waals surface area contributed by atoms with Crippen molar-refractivity contribution in [1.82, 2.24) is 9.55 Å². The number of aromatic nitrogens is 2. The van der Waals surface area contributed by atoms with E-state index in [0.717, 1.165) is 12.1 Å². The lowest BCUT2D eigenvalue weighted by Crippen LogP contribution is -2.07. The molecule has 0 bridgehead atoms. The third-order valence-electron chi connectivity index (χ3n) is 3.01. The second-order valence-electron chi connectivity index (χ2n) is 4.58. The molecule has 3 heteroatoms. The topological polar surface area (TPSA) is 17.8 Å². The Morgan fingerprint density at radius 3 is 2.69 bits per heavy atom. The van der Waals surface area contributed by atoms with Gasteiger partial charge >= 0.3 is 0 Å². The highest BCUT2D eigenvalue weighted by Crippen LogP contribution is 2.19. The maximum atomic E-state index is 5.84. The molecule has 0 saturated carbocycles. The molecule has 0 fully saturated rings. The van der Waals surface area contributed by atoms with Gasteiger partial charge in [0.15, 0.2) is 0 Å². The number of fused-ring (bicyclic) bond motifs is 1. The molecule has 0 aliphatic carbocycles. The van der Waals surface area contributed by atoms with Crippen LogP contribution >= 0.6 is 11.6 Å². The first-order valence-corrected chi connectivity index (χ1v) is 6.13.